The molecular formula is C14H19N3O3S2. The first kappa shape index (κ1) is 15.8. The molecule has 1 aliphatic heterocycles. The van der Waals surface area contributed by atoms with Gasteiger partial charge in [-0.1, -0.05) is 12.1 Å². The fourth-order valence-corrected chi connectivity index (χ4v) is 4.88. The number of nitrogens with one attached hydrogen (secondary N) is 1. The maximum atomic E-state index is 12.4. The molecule has 22 heavy (non-hydrogen) atoms. The molecule has 3 rings (SSSR count). The van der Waals surface area contributed by atoms with Crippen LogP contribution in [0.1, 0.15) is 18.9 Å². The van der Waals surface area contributed by atoms with Gasteiger partial charge in [-0.05, 0) is 26.0 Å². The fraction of sp³-hybridized carbons (Fsp3) is 0.500. The molecule has 8 heteroatoms. The maximum absolute atomic E-state index is 12.4. The van der Waals surface area contributed by atoms with Gasteiger partial charge in [0.05, 0.1) is 29.0 Å². The van der Waals surface area contributed by atoms with Gasteiger partial charge in [-0.15, -0.1) is 11.3 Å². The van der Waals surface area contributed by atoms with Crippen LogP contribution in [0.3, 0.4) is 0 Å². The summed E-state index contributed by atoms with van der Waals surface area (Å²) in [4.78, 5) is 4.44. The van der Waals surface area contributed by atoms with E-state index in [1.165, 1.54) is 15.6 Å². The van der Waals surface area contributed by atoms with Crippen molar-refractivity contribution in [1.82, 2.24) is 14.0 Å². The number of hydrogen-bond donors (Lipinski definition) is 1. The Morgan fingerprint density at radius 1 is 1.32 bits per heavy atom. The zero-order valence-electron chi connectivity index (χ0n) is 12.5. The minimum absolute atomic E-state index is 0.0947. The molecule has 1 aliphatic rings. The third-order valence-corrected chi connectivity index (χ3v) is 5.99. The normalized spacial score (nSPS) is 23.9. The molecule has 6 nitrogen and oxygen atoms in total. The highest BCUT2D eigenvalue weighted by molar-refractivity contribution is 7.87. The van der Waals surface area contributed by atoms with E-state index in [9.17, 15) is 8.42 Å². The molecule has 1 N–H and O–H groups in total. The first-order valence-corrected chi connectivity index (χ1v) is 9.44. The van der Waals surface area contributed by atoms with Crippen LogP contribution in [0.25, 0.3) is 10.2 Å². The maximum Gasteiger partial charge on any atom is 0.280 e. The average molecular weight is 341 g/mol. The van der Waals surface area contributed by atoms with Gasteiger partial charge in [0.25, 0.3) is 10.2 Å². The lowest BCUT2D eigenvalue weighted by Gasteiger charge is -2.34. The highest BCUT2D eigenvalue weighted by Gasteiger charge is 2.30. The largest absolute Gasteiger partial charge is 0.373 e. The van der Waals surface area contributed by atoms with Crippen molar-refractivity contribution < 1.29 is 13.2 Å². The van der Waals surface area contributed by atoms with Gasteiger partial charge >= 0.3 is 0 Å². The van der Waals surface area contributed by atoms with Crippen LogP contribution < -0.4 is 4.72 Å². The predicted molar refractivity (Wildman–Crippen MR) is 87.0 cm³/mol. The molecule has 1 aromatic carbocycles. The Balaban J connectivity index is 1.69. The van der Waals surface area contributed by atoms with Crippen molar-refractivity contribution in [2.45, 2.75) is 32.6 Å². The highest BCUT2D eigenvalue weighted by atomic mass is 32.2. The molecule has 0 amide bonds. The first-order valence-electron chi connectivity index (χ1n) is 7.19. The van der Waals surface area contributed by atoms with E-state index in [1.807, 2.05) is 38.1 Å². The van der Waals surface area contributed by atoms with Crippen LogP contribution in [0.2, 0.25) is 0 Å². The SMILES string of the molecule is CC1CN(S(=O)(=O)NCc2nc3ccccc3s2)CC(C)O1. The number of rotatable bonds is 4. The Morgan fingerprint density at radius 2 is 2.00 bits per heavy atom. The van der Waals surface area contributed by atoms with Crippen LogP contribution in [0, 0.1) is 0 Å². The fourth-order valence-electron chi connectivity index (χ4n) is 2.57. The number of fused-ring (bicyclic) bond motifs is 1. The molecule has 0 radical (unpaired) electrons. The van der Waals surface area contributed by atoms with E-state index in [0.29, 0.717) is 13.1 Å². The summed E-state index contributed by atoms with van der Waals surface area (Å²) in [5.74, 6) is 0. The Hall–Kier alpha value is -1.06. The van der Waals surface area contributed by atoms with E-state index in [-0.39, 0.29) is 18.8 Å². The molecule has 0 spiro atoms. The van der Waals surface area contributed by atoms with Gasteiger partial charge in [-0.2, -0.15) is 17.4 Å². The summed E-state index contributed by atoms with van der Waals surface area (Å²) in [6, 6.07) is 7.78. The standard InChI is InChI=1S/C14H19N3O3S2/c1-10-8-17(9-11(2)20-10)22(18,19)15-7-14-16-12-5-3-4-6-13(12)21-14/h3-6,10-11,15H,7-9H2,1-2H3. The highest BCUT2D eigenvalue weighted by Crippen LogP contribution is 2.21. The third-order valence-electron chi connectivity index (χ3n) is 3.47. The summed E-state index contributed by atoms with van der Waals surface area (Å²) in [7, 11) is -3.51. The second-order valence-electron chi connectivity index (χ2n) is 5.48. The van der Waals surface area contributed by atoms with Crippen molar-refractivity contribution in [3.63, 3.8) is 0 Å². The van der Waals surface area contributed by atoms with Crippen LogP contribution in [-0.4, -0.2) is 43.0 Å². The van der Waals surface area contributed by atoms with Crippen molar-refractivity contribution in [1.29, 1.82) is 0 Å². The third kappa shape index (κ3) is 3.47. The van der Waals surface area contributed by atoms with Crippen LogP contribution in [0.4, 0.5) is 0 Å². The number of nitrogens with zero attached hydrogens (tertiary/aromatic N) is 2. The van der Waals surface area contributed by atoms with Crippen molar-refractivity contribution in [2.75, 3.05) is 13.1 Å². The zero-order valence-corrected chi connectivity index (χ0v) is 14.2. The summed E-state index contributed by atoms with van der Waals surface area (Å²) in [6.45, 7) is 4.72. The predicted octanol–water partition coefficient (Wildman–Crippen LogP) is 1.74. The van der Waals surface area contributed by atoms with Crippen molar-refractivity contribution >= 4 is 31.8 Å². The van der Waals surface area contributed by atoms with Crippen LogP contribution in [-0.2, 0) is 21.5 Å². The molecule has 2 atom stereocenters. The minimum atomic E-state index is -3.51. The zero-order chi connectivity index (χ0) is 15.7. The summed E-state index contributed by atoms with van der Waals surface area (Å²) in [5.41, 5.74) is 0.898. The Kier molecular flexibility index (Phi) is 4.47. The molecule has 120 valence electrons. The lowest BCUT2D eigenvalue weighted by atomic mass is 10.3. The van der Waals surface area contributed by atoms with Gasteiger partial charge in [0.15, 0.2) is 0 Å². The van der Waals surface area contributed by atoms with E-state index in [0.717, 1.165) is 15.2 Å². The molecular weight excluding hydrogens is 322 g/mol. The minimum Gasteiger partial charge on any atom is -0.373 e. The van der Waals surface area contributed by atoms with Crippen molar-refractivity contribution in [2.24, 2.45) is 0 Å². The van der Waals surface area contributed by atoms with Crippen molar-refractivity contribution in [3.8, 4) is 0 Å². The van der Waals surface area contributed by atoms with Gasteiger partial charge in [-0.25, -0.2) is 4.98 Å². The number of para-hydroxylation sites is 1. The van der Waals surface area contributed by atoms with Crippen LogP contribution in [0.15, 0.2) is 24.3 Å². The second kappa shape index (κ2) is 6.21. The van der Waals surface area contributed by atoms with Gasteiger partial charge < -0.3 is 4.74 Å². The summed E-state index contributed by atoms with van der Waals surface area (Å²) in [6.07, 6.45) is -0.189. The van der Waals surface area contributed by atoms with Gasteiger partial charge in [0.1, 0.15) is 5.01 Å². The van der Waals surface area contributed by atoms with Crippen molar-refractivity contribution in [3.05, 3.63) is 29.3 Å². The number of ether oxygens (including phenoxy) is 1. The first-order chi connectivity index (χ1) is 10.4. The quantitative estimate of drug-likeness (QED) is 0.919. The molecule has 0 aliphatic carbocycles. The van der Waals surface area contributed by atoms with E-state index in [4.69, 9.17) is 4.74 Å². The monoisotopic (exact) mass is 341 g/mol. The number of thiazole rings is 1. The van der Waals surface area contributed by atoms with Crippen LogP contribution >= 0.6 is 11.3 Å². The molecule has 2 unspecified atom stereocenters. The Labute approximate surface area is 134 Å². The molecule has 0 bridgehead atoms. The topological polar surface area (TPSA) is 71.5 Å². The summed E-state index contributed by atoms with van der Waals surface area (Å²) < 4.78 is 35.5. The summed E-state index contributed by atoms with van der Waals surface area (Å²) >= 11 is 1.50. The molecule has 2 aromatic rings. The van der Waals surface area contributed by atoms with Gasteiger partial charge in [0, 0.05) is 13.1 Å². The molecule has 1 fully saturated rings. The summed E-state index contributed by atoms with van der Waals surface area (Å²) in [5, 5.41) is 0.763. The second-order valence-corrected chi connectivity index (χ2v) is 8.35. The van der Waals surface area contributed by atoms with Crippen LogP contribution in [0.5, 0.6) is 0 Å². The lowest BCUT2D eigenvalue weighted by molar-refractivity contribution is -0.0444. The molecule has 2 heterocycles. The van der Waals surface area contributed by atoms with E-state index >= 15 is 0 Å². The van der Waals surface area contributed by atoms with E-state index in [2.05, 4.69) is 9.71 Å². The molecule has 0 saturated carbocycles. The smallest absolute Gasteiger partial charge is 0.280 e. The number of benzene rings is 1. The van der Waals surface area contributed by atoms with Gasteiger partial charge in [-0.3, -0.25) is 0 Å². The van der Waals surface area contributed by atoms with E-state index < -0.39 is 10.2 Å². The Morgan fingerprint density at radius 3 is 2.68 bits per heavy atom. The van der Waals surface area contributed by atoms with E-state index in [1.54, 1.807) is 0 Å². The average Bonchev–Trinajstić information content (AvgIpc) is 2.87. The Bertz CT molecular complexity index is 717. The number of morpholine rings is 1. The van der Waals surface area contributed by atoms with Gasteiger partial charge in [0.2, 0.25) is 0 Å². The molecule has 1 saturated heterocycles. The lowest BCUT2D eigenvalue weighted by Crippen LogP contribution is -2.51. The molecule has 1 aromatic heterocycles. The number of aromatic nitrogens is 1. The number of hydrogen-bond acceptors (Lipinski definition) is 5.